The van der Waals surface area contributed by atoms with Gasteiger partial charge in [0.05, 0.1) is 0 Å². The van der Waals surface area contributed by atoms with E-state index < -0.39 is 0 Å². The van der Waals surface area contributed by atoms with Gasteiger partial charge in [0.15, 0.2) is 0 Å². The molecule has 0 unspecified atom stereocenters. The molecule has 0 saturated carbocycles. The molecule has 0 aliphatic carbocycles. The monoisotopic (exact) mass is 232 g/mol. The van der Waals surface area contributed by atoms with Crippen molar-refractivity contribution in [3.05, 3.63) is 29.3 Å². The number of rotatable bonds is 2. The molecule has 3 heteroatoms. The minimum absolute atomic E-state index is 0.231. The van der Waals surface area contributed by atoms with E-state index in [-0.39, 0.29) is 11.3 Å². The molecule has 0 radical (unpaired) electrons. The lowest BCUT2D eigenvalue weighted by molar-refractivity contribution is -0.141. The molecule has 2 rings (SSSR count). The molecule has 2 N–H and O–H groups in total. The fraction of sp³-hybridized carbons (Fsp3) is 0.500. The van der Waals surface area contributed by atoms with Crippen LogP contribution >= 0.6 is 0 Å². The summed E-state index contributed by atoms with van der Waals surface area (Å²) in [6.07, 6.45) is 0.862. The summed E-state index contributed by atoms with van der Waals surface area (Å²) < 4.78 is 0. The molecule has 1 aliphatic rings. The van der Waals surface area contributed by atoms with Gasteiger partial charge in [-0.1, -0.05) is 26.8 Å². The van der Waals surface area contributed by atoms with Gasteiger partial charge in [-0.15, -0.1) is 0 Å². The Morgan fingerprint density at radius 1 is 1.35 bits per heavy atom. The molecule has 0 fully saturated rings. The van der Waals surface area contributed by atoms with Crippen LogP contribution in [0.1, 0.15) is 38.3 Å². The summed E-state index contributed by atoms with van der Waals surface area (Å²) in [6.45, 7) is 7.49. The number of anilines is 1. The second kappa shape index (κ2) is 4.06. The van der Waals surface area contributed by atoms with Gasteiger partial charge in [0.25, 0.3) is 0 Å². The Morgan fingerprint density at radius 3 is 2.65 bits per heavy atom. The molecule has 0 saturated heterocycles. The normalized spacial score (nSPS) is 14.9. The molecule has 92 valence electrons. The first-order valence-electron chi connectivity index (χ1n) is 6.10. The highest BCUT2D eigenvalue weighted by molar-refractivity contribution is 5.82. The van der Waals surface area contributed by atoms with Crippen LogP contribution in [0.5, 0.6) is 0 Å². The van der Waals surface area contributed by atoms with Crippen molar-refractivity contribution in [3.8, 4) is 0 Å². The molecular formula is C14H20N2O. The van der Waals surface area contributed by atoms with Crippen LogP contribution in [-0.2, 0) is 17.9 Å². The first kappa shape index (κ1) is 12.0. The van der Waals surface area contributed by atoms with E-state index in [1.165, 1.54) is 11.1 Å². The zero-order chi connectivity index (χ0) is 12.6. The molecule has 1 heterocycles. The minimum atomic E-state index is -0.270. The third kappa shape index (κ3) is 2.14. The molecule has 0 aromatic heterocycles. The van der Waals surface area contributed by atoms with Gasteiger partial charge in [0.1, 0.15) is 0 Å². The summed E-state index contributed by atoms with van der Waals surface area (Å²) in [4.78, 5) is 14.3. The Labute approximate surface area is 103 Å². The lowest BCUT2D eigenvalue weighted by Gasteiger charge is -2.27. The Morgan fingerprint density at radius 2 is 2.00 bits per heavy atom. The predicted octanol–water partition coefficient (Wildman–Crippen LogP) is 2.55. The van der Waals surface area contributed by atoms with E-state index in [1.807, 2.05) is 36.9 Å². The fourth-order valence-electron chi connectivity index (χ4n) is 2.14. The zero-order valence-corrected chi connectivity index (χ0v) is 10.8. The molecule has 3 nitrogen and oxygen atoms in total. The lowest BCUT2D eigenvalue weighted by atomic mass is 9.88. The quantitative estimate of drug-likeness (QED) is 0.796. The van der Waals surface area contributed by atoms with E-state index in [1.54, 1.807) is 0 Å². The van der Waals surface area contributed by atoms with E-state index in [0.29, 0.717) is 6.54 Å². The zero-order valence-electron chi connectivity index (χ0n) is 10.8. The highest BCUT2D eigenvalue weighted by atomic mass is 16.2. The number of fused-ring (bicyclic) bond motifs is 1. The molecule has 0 spiro atoms. The Bertz CT molecular complexity index is 452. The number of nitrogens with two attached hydrogens (primary N) is 1. The highest BCUT2D eigenvalue weighted by Crippen LogP contribution is 2.30. The van der Waals surface area contributed by atoms with Crippen LogP contribution in [0.4, 0.5) is 5.69 Å². The maximum Gasteiger partial charge on any atom is 0.228 e. The molecule has 17 heavy (non-hydrogen) atoms. The number of benzene rings is 1. The Kier molecular flexibility index (Phi) is 2.86. The average Bonchev–Trinajstić information content (AvgIpc) is 2.70. The molecule has 1 aliphatic heterocycles. The van der Waals surface area contributed by atoms with E-state index in [4.69, 9.17) is 5.73 Å². The second-order valence-corrected chi connectivity index (χ2v) is 5.43. The number of hydrogen-bond donors (Lipinski definition) is 1. The van der Waals surface area contributed by atoms with Gasteiger partial charge >= 0.3 is 0 Å². The van der Waals surface area contributed by atoms with Crippen LogP contribution in [0.3, 0.4) is 0 Å². The first-order chi connectivity index (χ1) is 7.94. The molecule has 1 amide bonds. The van der Waals surface area contributed by atoms with Gasteiger partial charge in [0, 0.05) is 24.2 Å². The number of nitrogens with zero attached hydrogens (tertiary/aromatic N) is 1. The SMILES string of the molecule is CCC(C)(C)C(=O)N1Cc2ccc(N)cc2C1. The van der Waals surface area contributed by atoms with Gasteiger partial charge < -0.3 is 10.6 Å². The van der Waals surface area contributed by atoms with Gasteiger partial charge in [0.2, 0.25) is 5.91 Å². The number of carbonyl (C=O) groups excluding carboxylic acids is 1. The molecular weight excluding hydrogens is 212 g/mol. The maximum atomic E-state index is 12.3. The summed E-state index contributed by atoms with van der Waals surface area (Å²) in [6, 6.07) is 5.90. The largest absolute Gasteiger partial charge is 0.399 e. The smallest absolute Gasteiger partial charge is 0.228 e. The summed E-state index contributed by atoms with van der Waals surface area (Å²) in [5.74, 6) is 0.231. The van der Waals surface area contributed by atoms with Gasteiger partial charge in [-0.2, -0.15) is 0 Å². The Balaban J connectivity index is 2.18. The third-order valence-electron chi connectivity index (χ3n) is 3.70. The van der Waals surface area contributed by atoms with Crippen LogP contribution in [0, 0.1) is 5.41 Å². The standard InChI is InChI=1S/C14H20N2O/c1-4-14(2,3)13(17)16-8-10-5-6-12(15)7-11(10)9-16/h5-7H,4,8-9,15H2,1-3H3. The van der Waals surface area contributed by atoms with Gasteiger partial charge in [-0.25, -0.2) is 0 Å². The fourth-order valence-corrected chi connectivity index (χ4v) is 2.14. The minimum Gasteiger partial charge on any atom is -0.399 e. The maximum absolute atomic E-state index is 12.3. The van der Waals surface area contributed by atoms with Crippen molar-refractivity contribution >= 4 is 11.6 Å². The van der Waals surface area contributed by atoms with Crippen LogP contribution in [-0.4, -0.2) is 10.8 Å². The molecule has 1 aromatic rings. The van der Waals surface area contributed by atoms with Crippen LogP contribution < -0.4 is 5.73 Å². The van der Waals surface area contributed by atoms with Crippen molar-refractivity contribution < 1.29 is 4.79 Å². The summed E-state index contributed by atoms with van der Waals surface area (Å²) in [7, 11) is 0. The lowest BCUT2D eigenvalue weighted by Crippen LogP contribution is -2.37. The first-order valence-corrected chi connectivity index (χ1v) is 6.10. The molecule has 0 atom stereocenters. The number of nitrogen functional groups attached to an aromatic ring is 1. The predicted molar refractivity (Wildman–Crippen MR) is 69.2 cm³/mol. The second-order valence-electron chi connectivity index (χ2n) is 5.43. The number of amides is 1. The summed E-state index contributed by atoms with van der Waals surface area (Å²) in [5.41, 5.74) is 8.67. The van der Waals surface area contributed by atoms with E-state index in [0.717, 1.165) is 18.7 Å². The van der Waals surface area contributed by atoms with Crippen molar-refractivity contribution in [1.29, 1.82) is 0 Å². The highest BCUT2D eigenvalue weighted by Gasteiger charge is 2.33. The van der Waals surface area contributed by atoms with E-state index in [2.05, 4.69) is 6.92 Å². The summed E-state index contributed by atoms with van der Waals surface area (Å²) in [5, 5.41) is 0. The van der Waals surface area contributed by atoms with Crippen molar-refractivity contribution in [2.75, 3.05) is 5.73 Å². The topological polar surface area (TPSA) is 46.3 Å². The van der Waals surface area contributed by atoms with Crippen molar-refractivity contribution in [2.24, 2.45) is 5.41 Å². The van der Waals surface area contributed by atoms with Gasteiger partial charge in [-0.05, 0) is 29.7 Å². The molecule has 1 aromatic carbocycles. The van der Waals surface area contributed by atoms with Crippen molar-refractivity contribution in [3.63, 3.8) is 0 Å². The average molecular weight is 232 g/mol. The van der Waals surface area contributed by atoms with Crippen LogP contribution in [0.25, 0.3) is 0 Å². The van der Waals surface area contributed by atoms with Crippen LogP contribution in [0.2, 0.25) is 0 Å². The van der Waals surface area contributed by atoms with Crippen molar-refractivity contribution in [2.45, 2.75) is 40.3 Å². The van der Waals surface area contributed by atoms with E-state index >= 15 is 0 Å². The number of carbonyl (C=O) groups is 1. The van der Waals surface area contributed by atoms with Crippen LogP contribution in [0.15, 0.2) is 18.2 Å². The number of hydrogen-bond acceptors (Lipinski definition) is 2. The molecule has 0 bridgehead atoms. The summed E-state index contributed by atoms with van der Waals surface area (Å²) >= 11 is 0. The van der Waals surface area contributed by atoms with E-state index in [9.17, 15) is 4.79 Å². The third-order valence-corrected chi connectivity index (χ3v) is 3.70. The van der Waals surface area contributed by atoms with Gasteiger partial charge in [-0.3, -0.25) is 4.79 Å². The Hall–Kier alpha value is -1.51. The van der Waals surface area contributed by atoms with Crippen molar-refractivity contribution in [1.82, 2.24) is 4.90 Å².